The number of anilines is 1. The first-order valence-electron chi connectivity index (χ1n) is 10.4. The highest BCUT2D eigenvalue weighted by Gasteiger charge is 2.18. The maximum atomic E-state index is 13.4. The molecule has 3 N–H and O–H groups in total. The molecule has 164 valence electrons. The van der Waals surface area contributed by atoms with Gasteiger partial charge in [0.15, 0.2) is 5.11 Å². The van der Waals surface area contributed by atoms with E-state index in [2.05, 4.69) is 37.4 Å². The lowest BCUT2D eigenvalue weighted by atomic mass is 10.1. The molecule has 6 nitrogen and oxygen atoms in total. The van der Waals surface area contributed by atoms with Crippen molar-refractivity contribution in [1.29, 1.82) is 0 Å². The highest BCUT2D eigenvalue weighted by molar-refractivity contribution is 7.80. The van der Waals surface area contributed by atoms with Crippen LogP contribution in [0.4, 0.5) is 10.2 Å². The Morgan fingerprint density at radius 2 is 1.81 bits per heavy atom. The number of nitrogens with zero attached hydrogens (tertiary/aromatic N) is 4. The molecule has 0 radical (unpaired) electrons. The molecule has 0 amide bonds. The molecule has 1 saturated heterocycles. The predicted molar refractivity (Wildman–Crippen MR) is 131 cm³/mol. The highest BCUT2D eigenvalue weighted by atomic mass is 32.1. The van der Waals surface area contributed by atoms with Crippen LogP contribution in [-0.4, -0.2) is 47.4 Å². The second-order valence-corrected chi connectivity index (χ2v) is 8.09. The molecule has 0 bridgehead atoms. The summed E-state index contributed by atoms with van der Waals surface area (Å²) in [5.41, 5.74) is 12.0. The third-order valence-electron chi connectivity index (χ3n) is 5.37. The largest absolute Gasteiger partial charge is 0.375 e. The number of piperazine rings is 1. The van der Waals surface area contributed by atoms with E-state index < -0.39 is 0 Å². The van der Waals surface area contributed by atoms with Crippen LogP contribution < -0.4 is 16.1 Å². The minimum Gasteiger partial charge on any atom is -0.375 e. The smallest absolute Gasteiger partial charge is 0.184 e. The van der Waals surface area contributed by atoms with Gasteiger partial charge in [-0.25, -0.2) is 9.37 Å². The maximum absolute atomic E-state index is 13.4. The van der Waals surface area contributed by atoms with E-state index in [0.717, 1.165) is 60.8 Å². The van der Waals surface area contributed by atoms with E-state index in [9.17, 15) is 4.39 Å². The normalized spacial score (nSPS) is 14.6. The van der Waals surface area contributed by atoms with Gasteiger partial charge in [-0.3, -0.25) is 10.3 Å². The van der Waals surface area contributed by atoms with Crippen molar-refractivity contribution < 1.29 is 4.39 Å². The number of pyridine rings is 1. The molecule has 3 aromatic rings. The molecular formula is C24H25FN6S. The Morgan fingerprint density at radius 3 is 2.47 bits per heavy atom. The number of thiocarbonyl (C=S) groups is 1. The summed E-state index contributed by atoms with van der Waals surface area (Å²) in [5, 5.41) is 4.10. The molecule has 2 aromatic carbocycles. The van der Waals surface area contributed by atoms with E-state index in [1.165, 1.54) is 6.07 Å². The fraction of sp³-hybridized carbons (Fsp3) is 0.208. The average Bonchev–Trinajstić information content (AvgIpc) is 2.80. The van der Waals surface area contributed by atoms with E-state index in [4.69, 9.17) is 18.0 Å². The molecule has 1 aliphatic rings. The van der Waals surface area contributed by atoms with Crippen LogP contribution in [0.2, 0.25) is 0 Å². The SMILES string of the molecule is NC(=S)NN=Cc1ccc(-c2ccc(N3CCN(Cc4cccc(F)c4)CC3)nc2)cc1. The van der Waals surface area contributed by atoms with Crippen LogP contribution in [0.25, 0.3) is 11.1 Å². The molecule has 1 fully saturated rings. The van der Waals surface area contributed by atoms with Gasteiger partial charge in [-0.2, -0.15) is 5.10 Å². The van der Waals surface area contributed by atoms with E-state index in [-0.39, 0.29) is 10.9 Å². The third kappa shape index (κ3) is 5.87. The number of nitrogens with two attached hydrogens (primary N) is 1. The quantitative estimate of drug-likeness (QED) is 0.342. The summed E-state index contributed by atoms with van der Waals surface area (Å²) in [4.78, 5) is 9.32. The summed E-state index contributed by atoms with van der Waals surface area (Å²) < 4.78 is 13.4. The lowest BCUT2D eigenvalue weighted by Gasteiger charge is -2.35. The first-order chi connectivity index (χ1) is 15.6. The van der Waals surface area contributed by atoms with Crippen molar-refractivity contribution >= 4 is 29.4 Å². The number of halogens is 1. The molecule has 0 unspecified atom stereocenters. The molecule has 0 saturated carbocycles. The molecule has 0 atom stereocenters. The molecular weight excluding hydrogens is 423 g/mol. The number of hydrogen-bond donors (Lipinski definition) is 2. The summed E-state index contributed by atoms with van der Waals surface area (Å²) in [6, 6.07) is 19.0. The molecule has 0 spiro atoms. The van der Waals surface area contributed by atoms with Crippen molar-refractivity contribution in [2.45, 2.75) is 6.54 Å². The van der Waals surface area contributed by atoms with Gasteiger partial charge in [-0.15, -0.1) is 0 Å². The maximum Gasteiger partial charge on any atom is 0.184 e. The summed E-state index contributed by atoms with van der Waals surface area (Å²) in [6.45, 7) is 4.42. The molecule has 0 aliphatic carbocycles. The molecule has 4 rings (SSSR count). The number of nitrogens with one attached hydrogen (secondary N) is 1. The van der Waals surface area contributed by atoms with Crippen LogP contribution in [0.3, 0.4) is 0 Å². The first kappa shape index (κ1) is 21.9. The zero-order valence-electron chi connectivity index (χ0n) is 17.6. The van der Waals surface area contributed by atoms with Crippen molar-refractivity contribution in [1.82, 2.24) is 15.3 Å². The zero-order chi connectivity index (χ0) is 22.3. The van der Waals surface area contributed by atoms with E-state index in [1.54, 1.807) is 18.3 Å². The lowest BCUT2D eigenvalue weighted by Crippen LogP contribution is -2.46. The van der Waals surface area contributed by atoms with E-state index >= 15 is 0 Å². The third-order valence-corrected chi connectivity index (χ3v) is 5.46. The second-order valence-electron chi connectivity index (χ2n) is 7.65. The number of aromatic nitrogens is 1. The van der Waals surface area contributed by atoms with Gasteiger partial charge >= 0.3 is 0 Å². The van der Waals surface area contributed by atoms with E-state index in [0.29, 0.717) is 0 Å². The predicted octanol–water partition coefficient (Wildman–Crippen LogP) is 3.38. The fourth-order valence-corrected chi connectivity index (χ4v) is 3.76. The Kier molecular flexibility index (Phi) is 7.03. The van der Waals surface area contributed by atoms with Gasteiger partial charge in [0.05, 0.1) is 6.21 Å². The van der Waals surface area contributed by atoms with Crippen LogP contribution in [0, 0.1) is 5.82 Å². The molecule has 2 heterocycles. The molecule has 8 heteroatoms. The average molecular weight is 449 g/mol. The van der Waals surface area contributed by atoms with Crippen LogP contribution >= 0.6 is 12.2 Å². The minimum absolute atomic E-state index is 0.136. The first-order valence-corrected chi connectivity index (χ1v) is 10.8. The molecule has 32 heavy (non-hydrogen) atoms. The van der Waals surface area contributed by atoms with Gasteiger partial charge in [0.2, 0.25) is 0 Å². The Hall–Kier alpha value is -3.36. The van der Waals surface area contributed by atoms with Gasteiger partial charge in [-0.05, 0) is 53.2 Å². The van der Waals surface area contributed by atoms with Crippen LogP contribution in [0.1, 0.15) is 11.1 Å². The van der Waals surface area contributed by atoms with Crippen LogP contribution in [0.15, 0.2) is 72.0 Å². The Balaban J connectivity index is 1.32. The van der Waals surface area contributed by atoms with Gasteiger partial charge in [-0.1, -0.05) is 36.4 Å². The number of hydrazone groups is 1. The minimum atomic E-state index is -0.179. The number of benzene rings is 2. The van der Waals surface area contributed by atoms with Crippen LogP contribution in [0.5, 0.6) is 0 Å². The summed E-state index contributed by atoms with van der Waals surface area (Å²) in [5.74, 6) is 0.799. The number of rotatable bonds is 6. The Bertz CT molecular complexity index is 1080. The summed E-state index contributed by atoms with van der Waals surface area (Å²) in [7, 11) is 0. The van der Waals surface area contributed by atoms with Crippen molar-refractivity contribution in [2.75, 3.05) is 31.1 Å². The van der Waals surface area contributed by atoms with Crippen molar-refractivity contribution in [3.8, 4) is 11.1 Å². The molecule has 1 aromatic heterocycles. The summed E-state index contributed by atoms with van der Waals surface area (Å²) >= 11 is 4.72. The Labute approximate surface area is 192 Å². The fourth-order valence-electron chi connectivity index (χ4n) is 3.70. The van der Waals surface area contributed by atoms with Gasteiger partial charge < -0.3 is 10.6 Å². The van der Waals surface area contributed by atoms with Crippen molar-refractivity contribution in [3.63, 3.8) is 0 Å². The second kappa shape index (κ2) is 10.3. The lowest BCUT2D eigenvalue weighted by molar-refractivity contribution is 0.249. The van der Waals surface area contributed by atoms with Gasteiger partial charge in [0.1, 0.15) is 11.6 Å². The number of hydrogen-bond acceptors (Lipinski definition) is 5. The Morgan fingerprint density at radius 1 is 1.06 bits per heavy atom. The van der Waals surface area contributed by atoms with Crippen molar-refractivity contribution in [2.24, 2.45) is 10.8 Å². The van der Waals surface area contributed by atoms with Gasteiger partial charge in [0.25, 0.3) is 0 Å². The van der Waals surface area contributed by atoms with Gasteiger partial charge in [0, 0.05) is 44.5 Å². The topological polar surface area (TPSA) is 69.8 Å². The van der Waals surface area contributed by atoms with Crippen LogP contribution in [-0.2, 0) is 6.54 Å². The van der Waals surface area contributed by atoms with E-state index in [1.807, 2.05) is 36.5 Å². The van der Waals surface area contributed by atoms with Crippen molar-refractivity contribution in [3.05, 3.63) is 83.8 Å². The highest BCUT2D eigenvalue weighted by Crippen LogP contribution is 2.22. The molecule has 1 aliphatic heterocycles. The standard InChI is InChI=1S/C24H25FN6S/c25-22-3-1-2-19(14-22)17-30-10-12-31(13-11-30)23-9-8-21(16-27-23)20-6-4-18(5-7-20)15-28-29-24(26)32/h1-9,14-16H,10-13,17H2,(H3,26,29,32). The summed E-state index contributed by atoms with van der Waals surface area (Å²) in [6.07, 6.45) is 3.57. The zero-order valence-corrected chi connectivity index (χ0v) is 18.4. The monoisotopic (exact) mass is 448 g/mol.